The summed E-state index contributed by atoms with van der Waals surface area (Å²) in [5.41, 5.74) is 4.06. The van der Waals surface area contributed by atoms with Crippen molar-refractivity contribution in [2.45, 2.75) is 17.9 Å². The standard InChI is InChI=1S/C29H30N4O4S/c1-33(2)38(35,36)28-12-6-5-11-27(28)26-10-4-3-9-23(26)17-19-37-25-15-13-24(14-16-25)32-29(34)31-21-22-8-7-18-30-20-22/h3-16,18,20H,17,19,21H2,1-2H3,(H2,31,32,34). The number of benzene rings is 3. The summed E-state index contributed by atoms with van der Waals surface area (Å²) in [6.45, 7) is 0.784. The zero-order valence-electron chi connectivity index (χ0n) is 21.3. The van der Waals surface area contributed by atoms with Gasteiger partial charge in [-0.05, 0) is 53.1 Å². The number of carbonyl (C=O) groups is 1. The number of rotatable bonds is 10. The van der Waals surface area contributed by atoms with E-state index in [0.717, 1.165) is 16.7 Å². The van der Waals surface area contributed by atoms with E-state index in [0.29, 0.717) is 36.6 Å². The van der Waals surface area contributed by atoms with Crippen molar-refractivity contribution in [2.24, 2.45) is 0 Å². The maximum atomic E-state index is 12.9. The van der Waals surface area contributed by atoms with Crippen molar-refractivity contribution in [3.05, 3.63) is 108 Å². The molecule has 8 nitrogen and oxygen atoms in total. The van der Waals surface area contributed by atoms with Crippen molar-refractivity contribution in [2.75, 3.05) is 26.0 Å². The number of nitrogens with zero attached hydrogens (tertiary/aromatic N) is 2. The molecule has 2 N–H and O–H groups in total. The number of nitrogens with one attached hydrogen (secondary N) is 2. The van der Waals surface area contributed by atoms with E-state index in [2.05, 4.69) is 15.6 Å². The van der Waals surface area contributed by atoms with Crippen LogP contribution in [0.3, 0.4) is 0 Å². The van der Waals surface area contributed by atoms with Crippen molar-refractivity contribution < 1.29 is 17.9 Å². The predicted molar refractivity (Wildman–Crippen MR) is 148 cm³/mol. The van der Waals surface area contributed by atoms with Gasteiger partial charge in [-0.3, -0.25) is 4.98 Å². The molecule has 0 spiro atoms. The van der Waals surface area contributed by atoms with Gasteiger partial charge in [-0.2, -0.15) is 0 Å². The monoisotopic (exact) mass is 530 g/mol. The Hall–Kier alpha value is -4.21. The van der Waals surface area contributed by atoms with Gasteiger partial charge in [-0.15, -0.1) is 0 Å². The summed E-state index contributed by atoms with van der Waals surface area (Å²) < 4.78 is 33.0. The van der Waals surface area contributed by atoms with Gasteiger partial charge in [0.1, 0.15) is 5.75 Å². The number of sulfonamides is 1. The Morgan fingerprint density at radius 3 is 2.32 bits per heavy atom. The number of hydrogen-bond acceptors (Lipinski definition) is 5. The van der Waals surface area contributed by atoms with Gasteiger partial charge in [-0.1, -0.05) is 48.5 Å². The molecular weight excluding hydrogens is 500 g/mol. The first-order valence-electron chi connectivity index (χ1n) is 12.1. The Labute approximate surface area is 223 Å². The highest BCUT2D eigenvalue weighted by atomic mass is 32.2. The van der Waals surface area contributed by atoms with Gasteiger partial charge in [-0.25, -0.2) is 17.5 Å². The summed E-state index contributed by atoms with van der Waals surface area (Å²) in [5, 5.41) is 5.58. The molecule has 0 atom stereocenters. The number of carbonyl (C=O) groups excluding carboxylic acids is 1. The lowest BCUT2D eigenvalue weighted by Crippen LogP contribution is -2.28. The number of hydrogen-bond donors (Lipinski definition) is 2. The number of amides is 2. The van der Waals surface area contributed by atoms with Crippen LogP contribution in [0.15, 0.2) is 102 Å². The first kappa shape index (κ1) is 26.8. The molecule has 9 heteroatoms. The Bertz CT molecular complexity index is 1470. The number of urea groups is 1. The molecule has 196 valence electrons. The number of pyridine rings is 1. The molecule has 38 heavy (non-hydrogen) atoms. The molecule has 0 unspecified atom stereocenters. The minimum absolute atomic E-state index is 0.269. The molecule has 0 fully saturated rings. The quantitative estimate of drug-likeness (QED) is 0.302. The van der Waals surface area contributed by atoms with E-state index in [-0.39, 0.29) is 10.9 Å². The minimum atomic E-state index is -3.60. The van der Waals surface area contributed by atoms with Crippen LogP contribution < -0.4 is 15.4 Å². The van der Waals surface area contributed by atoms with Gasteiger partial charge in [0.2, 0.25) is 10.0 Å². The average Bonchev–Trinajstić information content (AvgIpc) is 2.93. The Balaban J connectivity index is 1.36. The predicted octanol–water partition coefficient (Wildman–Crippen LogP) is 4.94. The van der Waals surface area contributed by atoms with Crippen molar-refractivity contribution in [1.82, 2.24) is 14.6 Å². The minimum Gasteiger partial charge on any atom is -0.493 e. The van der Waals surface area contributed by atoms with Crippen molar-refractivity contribution in [3.63, 3.8) is 0 Å². The van der Waals surface area contributed by atoms with Crippen LogP contribution in [-0.2, 0) is 23.0 Å². The summed E-state index contributed by atoms with van der Waals surface area (Å²) in [6.07, 6.45) is 3.97. The van der Waals surface area contributed by atoms with E-state index in [9.17, 15) is 13.2 Å². The van der Waals surface area contributed by atoms with Gasteiger partial charge < -0.3 is 15.4 Å². The van der Waals surface area contributed by atoms with Crippen LogP contribution in [0, 0.1) is 0 Å². The number of anilines is 1. The Morgan fingerprint density at radius 1 is 0.895 bits per heavy atom. The van der Waals surface area contributed by atoms with Gasteiger partial charge in [0.05, 0.1) is 11.5 Å². The normalized spacial score (nSPS) is 11.2. The Kier molecular flexibility index (Phi) is 8.73. The first-order valence-corrected chi connectivity index (χ1v) is 13.5. The molecule has 2 amide bonds. The fourth-order valence-electron chi connectivity index (χ4n) is 3.89. The smallest absolute Gasteiger partial charge is 0.319 e. The molecule has 0 radical (unpaired) electrons. The molecule has 1 aromatic heterocycles. The third kappa shape index (κ3) is 6.76. The van der Waals surface area contributed by atoms with E-state index in [1.54, 1.807) is 48.8 Å². The zero-order valence-corrected chi connectivity index (χ0v) is 22.1. The molecular formula is C29H30N4O4S. The summed E-state index contributed by atoms with van der Waals surface area (Å²) in [6, 6.07) is 25.3. The fourth-order valence-corrected chi connectivity index (χ4v) is 4.99. The Morgan fingerprint density at radius 2 is 1.61 bits per heavy atom. The van der Waals surface area contributed by atoms with Gasteiger partial charge in [0.25, 0.3) is 0 Å². The average molecular weight is 531 g/mol. The molecule has 1 heterocycles. The van der Waals surface area contributed by atoms with E-state index >= 15 is 0 Å². The molecule has 0 bridgehead atoms. The van der Waals surface area contributed by atoms with E-state index in [1.807, 2.05) is 48.5 Å². The highest BCUT2D eigenvalue weighted by Crippen LogP contribution is 2.31. The maximum absolute atomic E-state index is 12.9. The van der Waals surface area contributed by atoms with Crippen LogP contribution in [0.5, 0.6) is 5.75 Å². The van der Waals surface area contributed by atoms with Gasteiger partial charge in [0, 0.05) is 50.7 Å². The third-order valence-corrected chi connectivity index (χ3v) is 7.75. The van der Waals surface area contributed by atoms with Crippen molar-refractivity contribution in [1.29, 1.82) is 0 Å². The van der Waals surface area contributed by atoms with E-state index in [4.69, 9.17) is 4.74 Å². The summed E-state index contributed by atoms with van der Waals surface area (Å²) >= 11 is 0. The van der Waals surface area contributed by atoms with E-state index in [1.165, 1.54) is 18.4 Å². The molecule has 4 aromatic rings. The molecule has 0 saturated heterocycles. The molecule has 0 aliphatic carbocycles. The summed E-state index contributed by atoms with van der Waals surface area (Å²) in [5.74, 6) is 0.666. The molecule has 3 aromatic carbocycles. The van der Waals surface area contributed by atoms with Crippen LogP contribution in [0.2, 0.25) is 0 Å². The number of aromatic nitrogens is 1. The van der Waals surface area contributed by atoms with Crippen LogP contribution in [0.25, 0.3) is 11.1 Å². The maximum Gasteiger partial charge on any atom is 0.319 e. The molecule has 0 aliphatic heterocycles. The second kappa shape index (κ2) is 12.4. The largest absolute Gasteiger partial charge is 0.493 e. The lowest BCUT2D eigenvalue weighted by atomic mass is 9.98. The van der Waals surface area contributed by atoms with Crippen LogP contribution in [0.4, 0.5) is 10.5 Å². The van der Waals surface area contributed by atoms with Crippen molar-refractivity contribution in [3.8, 4) is 16.9 Å². The first-order chi connectivity index (χ1) is 18.3. The number of ether oxygens (including phenoxy) is 1. The summed E-state index contributed by atoms with van der Waals surface area (Å²) in [7, 11) is -0.543. The molecule has 0 aliphatic rings. The molecule has 4 rings (SSSR count). The van der Waals surface area contributed by atoms with Crippen LogP contribution in [-0.4, -0.2) is 44.4 Å². The zero-order chi connectivity index (χ0) is 27.0. The SMILES string of the molecule is CN(C)S(=O)(=O)c1ccccc1-c1ccccc1CCOc1ccc(NC(=O)NCc2cccnc2)cc1. The van der Waals surface area contributed by atoms with Crippen molar-refractivity contribution >= 4 is 21.7 Å². The van der Waals surface area contributed by atoms with Crippen LogP contribution in [0.1, 0.15) is 11.1 Å². The lowest BCUT2D eigenvalue weighted by molar-refractivity contribution is 0.251. The molecule has 0 saturated carbocycles. The third-order valence-electron chi connectivity index (χ3n) is 5.88. The van der Waals surface area contributed by atoms with Crippen LogP contribution >= 0.6 is 0 Å². The summed E-state index contributed by atoms with van der Waals surface area (Å²) in [4.78, 5) is 16.5. The van der Waals surface area contributed by atoms with E-state index < -0.39 is 10.0 Å². The fraction of sp³-hybridized carbons (Fsp3) is 0.172. The topological polar surface area (TPSA) is 101 Å². The highest BCUT2D eigenvalue weighted by molar-refractivity contribution is 7.89. The lowest BCUT2D eigenvalue weighted by Gasteiger charge is -2.17. The second-order valence-electron chi connectivity index (χ2n) is 8.73. The van der Waals surface area contributed by atoms with Gasteiger partial charge >= 0.3 is 6.03 Å². The second-order valence-corrected chi connectivity index (χ2v) is 10.9. The highest BCUT2D eigenvalue weighted by Gasteiger charge is 2.22. The van der Waals surface area contributed by atoms with Gasteiger partial charge in [0.15, 0.2) is 0 Å².